The van der Waals surface area contributed by atoms with Crippen LogP contribution in [-0.4, -0.2) is 41.9 Å². The molecule has 36 heavy (non-hydrogen) atoms. The first kappa shape index (κ1) is 26.4. The van der Waals surface area contributed by atoms with Crippen LogP contribution >= 0.6 is 11.8 Å². The fourth-order valence-corrected chi connectivity index (χ4v) is 4.21. The highest BCUT2D eigenvalue weighted by Crippen LogP contribution is 2.18. The molecule has 0 aliphatic carbocycles. The number of hydrogen-bond acceptors (Lipinski definition) is 7. The average Bonchev–Trinajstić information content (AvgIpc) is 2.89. The largest absolute Gasteiger partial charge is 0.496 e. The molecule has 0 aliphatic rings. The molecular formula is C26H26N4O5S. The summed E-state index contributed by atoms with van der Waals surface area (Å²) in [5.41, 5.74) is 5.38. The predicted molar refractivity (Wildman–Crippen MR) is 140 cm³/mol. The summed E-state index contributed by atoms with van der Waals surface area (Å²) in [6.07, 6.45) is 1.49. The Morgan fingerprint density at radius 3 is 2.50 bits per heavy atom. The van der Waals surface area contributed by atoms with Crippen molar-refractivity contribution in [3.05, 3.63) is 105 Å². The molecule has 3 aromatic rings. The zero-order valence-corrected chi connectivity index (χ0v) is 20.7. The highest BCUT2D eigenvalue weighted by molar-refractivity contribution is 7.98. The van der Waals surface area contributed by atoms with Crippen LogP contribution in [0.2, 0.25) is 0 Å². The number of nitrogens with zero attached hydrogens (tertiary/aromatic N) is 2. The highest BCUT2D eigenvalue weighted by Gasteiger charge is 2.22. The monoisotopic (exact) mass is 506 g/mol. The lowest BCUT2D eigenvalue weighted by atomic mass is 10.1. The normalized spacial score (nSPS) is 11.6. The van der Waals surface area contributed by atoms with Crippen molar-refractivity contribution in [3.8, 4) is 5.75 Å². The lowest BCUT2D eigenvalue weighted by Crippen LogP contribution is -2.47. The van der Waals surface area contributed by atoms with E-state index in [-0.39, 0.29) is 11.3 Å². The molecule has 0 fully saturated rings. The fraction of sp³-hybridized carbons (Fsp3) is 0.192. The van der Waals surface area contributed by atoms with Crippen LogP contribution in [0.5, 0.6) is 5.75 Å². The van der Waals surface area contributed by atoms with Crippen LogP contribution < -0.4 is 15.5 Å². The van der Waals surface area contributed by atoms with Crippen molar-refractivity contribution in [1.29, 1.82) is 0 Å². The highest BCUT2D eigenvalue weighted by atomic mass is 32.2. The van der Waals surface area contributed by atoms with Crippen LogP contribution in [0.25, 0.3) is 0 Å². The van der Waals surface area contributed by atoms with Crippen LogP contribution in [0.15, 0.2) is 77.9 Å². The number of carbonyl (C=O) groups excluding carboxylic acids is 2. The molecule has 0 bridgehead atoms. The van der Waals surface area contributed by atoms with Gasteiger partial charge in [-0.2, -0.15) is 16.9 Å². The third kappa shape index (κ3) is 7.67. The fourth-order valence-electron chi connectivity index (χ4n) is 3.19. The average molecular weight is 507 g/mol. The second-order valence-electron chi connectivity index (χ2n) is 7.79. The van der Waals surface area contributed by atoms with Crippen molar-refractivity contribution in [2.45, 2.75) is 18.7 Å². The standard InChI is InChI=1S/C26H26N4O5S/c1-18-8-9-20(14-24(18)35-2)15-27-29-26(32)23(17-36-16-19-6-4-3-5-7-19)28-25(31)21-10-12-22(13-11-21)30(33)34/h3-15,23H,16-17H2,1-2H3,(H,28,31)(H,29,32)/b27-15-/t23-/m1/s1. The van der Waals surface area contributed by atoms with Gasteiger partial charge in [0.05, 0.1) is 18.2 Å². The third-order valence-corrected chi connectivity index (χ3v) is 6.29. The van der Waals surface area contributed by atoms with Crippen molar-refractivity contribution in [1.82, 2.24) is 10.7 Å². The summed E-state index contributed by atoms with van der Waals surface area (Å²) < 4.78 is 5.30. The minimum absolute atomic E-state index is 0.124. The SMILES string of the molecule is COc1cc(/C=N\NC(=O)[C@@H](CSCc2ccccc2)NC(=O)c2ccc([N+](=O)[O-])cc2)ccc1C. The second kappa shape index (κ2) is 13.1. The molecule has 0 saturated heterocycles. The summed E-state index contributed by atoms with van der Waals surface area (Å²) in [5.74, 6) is 0.659. The number of carbonyl (C=O) groups is 2. The van der Waals surface area contributed by atoms with Crippen LogP contribution in [0.1, 0.15) is 27.0 Å². The van der Waals surface area contributed by atoms with Gasteiger partial charge in [0.15, 0.2) is 0 Å². The Hall–Kier alpha value is -4.18. The zero-order valence-electron chi connectivity index (χ0n) is 19.8. The number of aryl methyl sites for hydroxylation is 1. The summed E-state index contributed by atoms with van der Waals surface area (Å²) in [6.45, 7) is 1.92. The maximum atomic E-state index is 12.9. The van der Waals surface area contributed by atoms with Gasteiger partial charge in [-0.3, -0.25) is 19.7 Å². The van der Waals surface area contributed by atoms with Crippen molar-refractivity contribution >= 4 is 35.5 Å². The molecule has 2 amide bonds. The molecule has 9 nitrogen and oxygen atoms in total. The zero-order chi connectivity index (χ0) is 25.9. The van der Waals surface area contributed by atoms with E-state index in [9.17, 15) is 19.7 Å². The Morgan fingerprint density at radius 2 is 1.83 bits per heavy atom. The van der Waals surface area contributed by atoms with Gasteiger partial charge in [-0.15, -0.1) is 0 Å². The number of hydrogen-bond donors (Lipinski definition) is 2. The van der Waals surface area contributed by atoms with Crippen LogP contribution in [0, 0.1) is 17.0 Å². The molecule has 0 spiro atoms. The van der Waals surface area contributed by atoms with E-state index in [4.69, 9.17) is 4.74 Å². The van der Waals surface area contributed by atoms with E-state index in [1.54, 1.807) is 13.2 Å². The van der Waals surface area contributed by atoms with E-state index in [0.717, 1.165) is 16.7 Å². The Balaban J connectivity index is 1.67. The second-order valence-corrected chi connectivity index (χ2v) is 8.82. The molecule has 0 saturated carbocycles. The van der Waals surface area contributed by atoms with Gasteiger partial charge in [0.2, 0.25) is 0 Å². The Morgan fingerprint density at radius 1 is 1.11 bits per heavy atom. The van der Waals surface area contributed by atoms with Crippen molar-refractivity contribution in [2.75, 3.05) is 12.9 Å². The summed E-state index contributed by atoms with van der Waals surface area (Å²) in [7, 11) is 1.58. The molecule has 186 valence electrons. The number of benzene rings is 3. The summed E-state index contributed by atoms with van der Waals surface area (Å²) in [6, 6.07) is 19.6. The number of nitrogens with one attached hydrogen (secondary N) is 2. The van der Waals surface area contributed by atoms with Crippen molar-refractivity contribution in [2.24, 2.45) is 5.10 Å². The smallest absolute Gasteiger partial charge is 0.269 e. The summed E-state index contributed by atoms with van der Waals surface area (Å²) in [5, 5.41) is 17.6. The molecule has 10 heteroatoms. The van der Waals surface area contributed by atoms with Gasteiger partial charge in [-0.1, -0.05) is 42.5 Å². The van der Waals surface area contributed by atoms with Gasteiger partial charge >= 0.3 is 0 Å². The van der Waals surface area contributed by atoms with Gasteiger partial charge < -0.3 is 10.1 Å². The van der Waals surface area contributed by atoms with Gasteiger partial charge in [0, 0.05) is 29.2 Å². The van der Waals surface area contributed by atoms with Crippen LogP contribution in [-0.2, 0) is 10.5 Å². The minimum Gasteiger partial charge on any atom is -0.496 e. The molecule has 3 aromatic carbocycles. The molecule has 1 atom stereocenters. The minimum atomic E-state index is -0.883. The topological polar surface area (TPSA) is 123 Å². The van der Waals surface area contributed by atoms with E-state index in [1.807, 2.05) is 49.4 Å². The first-order valence-corrected chi connectivity index (χ1v) is 12.2. The summed E-state index contributed by atoms with van der Waals surface area (Å²) >= 11 is 1.49. The van der Waals surface area contributed by atoms with E-state index >= 15 is 0 Å². The maximum Gasteiger partial charge on any atom is 0.269 e. The number of nitro groups is 1. The van der Waals surface area contributed by atoms with Gasteiger partial charge in [0.1, 0.15) is 11.8 Å². The molecule has 0 unspecified atom stereocenters. The number of amides is 2. The van der Waals surface area contributed by atoms with Crippen molar-refractivity contribution in [3.63, 3.8) is 0 Å². The van der Waals surface area contributed by atoms with E-state index in [2.05, 4.69) is 15.8 Å². The number of nitro benzene ring substituents is 1. The predicted octanol–water partition coefficient (Wildman–Crippen LogP) is 4.09. The summed E-state index contributed by atoms with van der Waals surface area (Å²) in [4.78, 5) is 36.0. The van der Waals surface area contributed by atoms with E-state index < -0.39 is 22.8 Å². The molecule has 0 aliphatic heterocycles. The molecule has 0 aromatic heterocycles. The number of methoxy groups -OCH3 is 1. The quantitative estimate of drug-likeness (QED) is 0.229. The lowest BCUT2D eigenvalue weighted by molar-refractivity contribution is -0.384. The number of rotatable bonds is 11. The van der Waals surface area contributed by atoms with Crippen LogP contribution in [0.3, 0.4) is 0 Å². The Labute approximate surface area is 213 Å². The molecule has 0 radical (unpaired) electrons. The van der Waals surface area contributed by atoms with Gasteiger partial charge in [0.25, 0.3) is 17.5 Å². The van der Waals surface area contributed by atoms with Crippen molar-refractivity contribution < 1.29 is 19.2 Å². The first-order chi connectivity index (χ1) is 17.4. The van der Waals surface area contributed by atoms with E-state index in [1.165, 1.54) is 42.2 Å². The van der Waals surface area contributed by atoms with Gasteiger partial charge in [-0.05, 0) is 41.8 Å². The lowest BCUT2D eigenvalue weighted by Gasteiger charge is -2.17. The third-order valence-electron chi connectivity index (χ3n) is 5.18. The molecule has 2 N–H and O–H groups in total. The Bertz CT molecular complexity index is 1230. The maximum absolute atomic E-state index is 12.9. The molecule has 0 heterocycles. The number of thioether (sulfide) groups is 1. The van der Waals surface area contributed by atoms with Crippen LogP contribution in [0.4, 0.5) is 5.69 Å². The van der Waals surface area contributed by atoms with E-state index in [0.29, 0.717) is 17.3 Å². The number of non-ortho nitro benzene ring substituents is 1. The molecular weight excluding hydrogens is 480 g/mol. The number of ether oxygens (including phenoxy) is 1. The molecule has 3 rings (SSSR count). The Kier molecular flexibility index (Phi) is 9.58. The number of hydrazone groups is 1. The van der Waals surface area contributed by atoms with Gasteiger partial charge in [-0.25, -0.2) is 5.43 Å². The first-order valence-electron chi connectivity index (χ1n) is 11.0.